The van der Waals surface area contributed by atoms with Gasteiger partial charge in [-0.25, -0.2) is 4.79 Å². The van der Waals surface area contributed by atoms with E-state index in [0.717, 1.165) is 10.2 Å². The summed E-state index contributed by atoms with van der Waals surface area (Å²) in [5.41, 5.74) is 0.124. The molecule has 0 spiro atoms. The third-order valence-electron chi connectivity index (χ3n) is 3.32. The van der Waals surface area contributed by atoms with Crippen LogP contribution in [0, 0.1) is 0 Å². The number of methoxy groups -OCH3 is 1. The third kappa shape index (κ3) is 3.19. The average molecular weight is 350 g/mol. The van der Waals surface area contributed by atoms with E-state index >= 15 is 0 Å². The third-order valence-corrected chi connectivity index (χ3v) is 4.02. The molecule has 0 saturated carbocycles. The minimum absolute atomic E-state index is 0.660. The van der Waals surface area contributed by atoms with Gasteiger partial charge in [0.05, 0.1) is 7.11 Å². The number of halogens is 1. The topological polar surface area (TPSA) is 58.6 Å². The Bertz CT molecular complexity index is 642. The maximum Gasteiger partial charge on any atom is 0.333 e. The lowest BCUT2D eigenvalue weighted by atomic mass is 9.91. The predicted octanol–water partition coefficient (Wildman–Crippen LogP) is 3.87. The first-order chi connectivity index (χ1) is 9.97. The molecule has 2 aromatic rings. The summed E-state index contributed by atoms with van der Waals surface area (Å²) in [4.78, 5) is 11.8. The Morgan fingerprint density at radius 3 is 2.33 bits per heavy atom. The first-order valence-corrected chi connectivity index (χ1v) is 7.17. The number of nitrogens with one attached hydrogen (secondary N) is 1. The highest BCUT2D eigenvalue weighted by Crippen LogP contribution is 2.32. The summed E-state index contributed by atoms with van der Waals surface area (Å²) in [6.07, 6.45) is 0. The van der Waals surface area contributed by atoms with Crippen LogP contribution in [0.2, 0.25) is 0 Å². The number of carbonyl (C=O) groups is 1. The molecule has 0 aliphatic carbocycles. The summed E-state index contributed by atoms with van der Waals surface area (Å²) >= 11 is 3.41. The van der Waals surface area contributed by atoms with E-state index in [1.165, 1.54) is 0 Å². The Labute approximate surface area is 131 Å². The Kier molecular flexibility index (Phi) is 4.53. The molecule has 110 valence electrons. The number of anilines is 1. The second-order valence-corrected chi connectivity index (χ2v) is 5.62. The van der Waals surface area contributed by atoms with Crippen molar-refractivity contribution >= 4 is 27.6 Å². The molecule has 0 fully saturated rings. The first-order valence-electron chi connectivity index (χ1n) is 6.38. The average Bonchev–Trinajstić information content (AvgIpc) is 2.48. The summed E-state index contributed by atoms with van der Waals surface area (Å²) in [6, 6.07) is 14.4. The van der Waals surface area contributed by atoms with Gasteiger partial charge < -0.3 is 15.2 Å². The van der Waals surface area contributed by atoms with Crippen LogP contribution in [0.15, 0.2) is 53.0 Å². The van der Waals surface area contributed by atoms with Crippen molar-refractivity contribution in [3.05, 3.63) is 58.6 Å². The number of carboxylic acid groups (broad SMARTS) is 1. The summed E-state index contributed by atoms with van der Waals surface area (Å²) in [6.45, 7) is 1.64. The Morgan fingerprint density at radius 1 is 1.19 bits per heavy atom. The van der Waals surface area contributed by atoms with Crippen molar-refractivity contribution in [2.24, 2.45) is 0 Å². The fraction of sp³-hybridized carbons (Fsp3) is 0.188. The van der Waals surface area contributed by atoms with Gasteiger partial charge in [0.25, 0.3) is 0 Å². The molecular formula is C16H16BrNO3. The van der Waals surface area contributed by atoms with Gasteiger partial charge in [-0.05, 0) is 37.3 Å². The zero-order valence-corrected chi connectivity index (χ0v) is 13.3. The van der Waals surface area contributed by atoms with E-state index in [9.17, 15) is 9.90 Å². The Morgan fingerprint density at radius 2 is 1.81 bits per heavy atom. The van der Waals surface area contributed by atoms with E-state index in [2.05, 4.69) is 21.2 Å². The number of rotatable bonds is 5. The molecule has 4 nitrogen and oxygen atoms in total. The molecule has 0 aliphatic heterocycles. The van der Waals surface area contributed by atoms with Gasteiger partial charge in [0.15, 0.2) is 5.54 Å². The Balaban J connectivity index is 2.38. The second kappa shape index (κ2) is 6.18. The minimum atomic E-state index is -1.24. The van der Waals surface area contributed by atoms with Crippen LogP contribution in [0.3, 0.4) is 0 Å². The molecule has 0 radical (unpaired) electrons. The van der Waals surface area contributed by atoms with Crippen LogP contribution in [-0.4, -0.2) is 18.2 Å². The van der Waals surface area contributed by atoms with Crippen molar-refractivity contribution in [2.75, 3.05) is 12.4 Å². The molecule has 2 aromatic carbocycles. The van der Waals surface area contributed by atoms with Crippen LogP contribution in [0.4, 0.5) is 5.69 Å². The molecule has 5 heteroatoms. The van der Waals surface area contributed by atoms with Gasteiger partial charge in [-0.1, -0.05) is 34.1 Å². The number of carboxylic acids is 1. The summed E-state index contributed by atoms with van der Waals surface area (Å²) < 4.78 is 5.85. The van der Waals surface area contributed by atoms with Crippen LogP contribution < -0.4 is 10.1 Å². The SMILES string of the molecule is COc1ccc(NC(C)(C(=O)O)c2ccccc2Br)cc1. The van der Waals surface area contributed by atoms with Gasteiger partial charge in [0.2, 0.25) is 0 Å². The predicted molar refractivity (Wildman–Crippen MR) is 85.7 cm³/mol. The zero-order chi connectivity index (χ0) is 15.5. The highest BCUT2D eigenvalue weighted by atomic mass is 79.9. The normalized spacial score (nSPS) is 13.3. The molecule has 0 aliphatic rings. The lowest BCUT2D eigenvalue weighted by Gasteiger charge is -2.29. The molecule has 1 unspecified atom stereocenters. The monoisotopic (exact) mass is 349 g/mol. The van der Waals surface area contributed by atoms with E-state index in [1.54, 1.807) is 44.4 Å². The van der Waals surface area contributed by atoms with Gasteiger partial charge in [0, 0.05) is 15.7 Å². The number of aliphatic carboxylic acids is 1. The van der Waals surface area contributed by atoms with E-state index < -0.39 is 11.5 Å². The molecule has 0 saturated heterocycles. The fourth-order valence-electron chi connectivity index (χ4n) is 2.07. The van der Waals surface area contributed by atoms with E-state index in [4.69, 9.17) is 4.74 Å². The molecular weight excluding hydrogens is 334 g/mol. The van der Waals surface area contributed by atoms with Gasteiger partial charge in [-0.3, -0.25) is 0 Å². The maximum atomic E-state index is 11.8. The van der Waals surface area contributed by atoms with E-state index in [-0.39, 0.29) is 0 Å². The smallest absolute Gasteiger partial charge is 0.333 e. The molecule has 0 heterocycles. The van der Waals surface area contributed by atoms with Gasteiger partial charge in [-0.2, -0.15) is 0 Å². The first kappa shape index (κ1) is 15.4. The maximum absolute atomic E-state index is 11.8. The molecule has 0 aromatic heterocycles. The summed E-state index contributed by atoms with van der Waals surface area (Å²) in [5.74, 6) is -0.233. The lowest BCUT2D eigenvalue weighted by Crippen LogP contribution is -2.40. The van der Waals surface area contributed by atoms with Crippen LogP contribution in [0.1, 0.15) is 12.5 Å². The molecule has 1 atom stereocenters. The van der Waals surface area contributed by atoms with Crippen molar-refractivity contribution in [3.8, 4) is 5.75 Å². The standard InChI is InChI=1S/C16H16BrNO3/c1-16(15(19)20,13-5-3-4-6-14(13)17)18-11-7-9-12(21-2)10-8-11/h3-10,18H,1-2H3,(H,19,20). The number of hydrogen-bond donors (Lipinski definition) is 2. The van der Waals surface area contributed by atoms with Crippen molar-refractivity contribution < 1.29 is 14.6 Å². The Hall–Kier alpha value is -2.01. The molecule has 21 heavy (non-hydrogen) atoms. The van der Waals surface area contributed by atoms with Crippen molar-refractivity contribution in [2.45, 2.75) is 12.5 Å². The van der Waals surface area contributed by atoms with Gasteiger partial charge in [0.1, 0.15) is 5.75 Å². The van der Waals surface area contributed by atoms with Crippen molar-refractivity contribution in [1.82, 2.24) is 0 Å². The second-order valence-electron chi connectivity index (χ2n) is 4.76. The van der Waals surface area contributed by atoms with Crippen LogP contribution in [-0.2, 0) is 10.3 Å². The zero-order valence-electron chi connectivity index (χ0n) is 11.8. The van der Waals surface area contributed by atoms with E-state index in [0.29, 0.717) is 11.3 Å². The van der Waals surface area contributed by atoms with Crippen LogP contribution in [0.5, 0.6) is 5.75 Å². The minimum Gasteiger partial charge on any atom is -0.497 e. The number of ether oxygens (including phenoxy) is 1. The fourth-order valence-corrected chi connectivity index (χ4v) is 2.75. The molecule has 0 amide bonds. The van der Waals surface area contributed by atoms with Crippen molar-refractivity contribution in [1.29, 1.82) is 0 Å². The molecule has 2 rings (SSSR count). The quantitative estimate of drug-likeness (QED) is 0.860. The van der Waals surface area contributed by atoms with Gasteiger partial charge >= 0.3 is 5.97 Å². The van der Waals surface area contributed by atoms with Crippen LogP contribution >= 0.6 is 15.9 Å². The molecule has 2 N–H and O–H groups in total. The number of hydrogen-bond acceptors (Lipinski definition) is 3. The van der Waals surface area contributed by atoms with E-state index in [1.807, 2.05) is 18.2 Å². The van der Waals surface area contributed by atoms with Gasteiger partial charge in [-0.15, -0.1) is 0 Å². The molecule has 0 bridgehead atoms. The highest BCUT2D eigenvalue weighted by Gasteiger charge is 2.36. The van der Waals surface area contributed by atoms with Crippen LogP contribution in [0.25, 0.3) is 0 Å². The largest absolute Gasteiger partial charge is 0.497 e. The van der Waals surface area contributed by atoms with Crippen molar-refractivity contribution in [3.63, 3.8) is 0 Å². The highest BCUT2D eigenvalue weighted by molar-refractivity contribution is 9.10. The summed E-state index contributed by atoms with van der Waals surface area (Å²) in [5, 5.41) is 12.7. The summed E-state index contributed by atoms with van der Waals surface area (Å²) in [7, 11) is 1.59. The number of benzene rings is 2. The lowest BCUT2D eigenvalue weighted by molar-refractivity contribution is -0.142.